The number of esters is 1. The molecule has 0 saturated heterocycles. The minimum absolute atomic E-state index is 0.229. The van der Waals surface area contributed by atoms with E-state index >= 15 is 0 Å². The smallest absolute Gasteiger partial charge is 0.344 e. The quantitative estimate of drug-likeness (QED) is 0.750. The van der Waals surface area contributed by atoms with Crippen LogP contribution in [-0.4, -0.2) is 24.6 Å². The zero-order valence-corrected chi connectivity index (χ0v) is 14.5. The lowest BCUT2D eigenvalue weighted by Crippen LogP contribution is -2.36. The summed E-state index contributed by atoms with van der Waals surface area (Å²) in [5.74, 6) is -0.262. The lowest BCUT2D eigenvalue weighted by Gasteiger charge is -2.14. The molecule has 0 aliphatic rings. The maximum Gasteiger partial charge on any atom is 0.344 e. The summed E-state index contributed by atoms with van der Waals surface area (Å²) in [6.45, 7) is 3.72. The molecule has 1 atom stereocenters. The average molecular weight is 341 g/mol. The van der Waals surface area contributed by atoms with Crippen LogP contribution in [0.4, 0.5) is 0 Å². The zero-order chi connectivity index (χ0) is 18.1. The fourth-order valence-electron chi connectivity index (χ4n) is 2.29. The maximum absolute atomic E-state index is 12.0. The summed E-state index contributed by atoms with van der Waals surface area (Å²) in [5, 5.41) is 2.74. The summed E-state index contributed by atoms with van der Waals surface area (Å²) in [5.41, 5.74) is 2.00. The van der Waals surface area contributed by atoms with Crippen molar-refractivity contribution in [3.63, 3.8) is 0 Å². The molecule has 0 heterocycles. The highest BCUT2D eigenvalue weighted by molar-refractivity contribution is 5.83. The second-order valence-corrected chi connectivity index (χ2v) is 5.59. The van der Waals surface area contributed by atoms with Gasteiger partial charge in [-0.1, -0.05) is 55.5 Å². The molecule has 25 heavy (non-hydrogen) atoms. The van der Waals surface area contributed by atoms with E-state index in [4.69, 9.17) is 9.47 Å². The van der Waals surface area contributed by atoms with Crippen molar-refractivity contribution in [2.45, 2.75) is 32.9 Å². The number of nitrogens with one attached hydrogen (secondary N) is 1. The summed E-state index contributed by atoms with van der Waals surface area (Å²) in [7, 11) is 0. The SMILES string of the molecule is CCc1ccccc1OCC(=O)OC(C)C(=O)NCc1ccccc1. The molecular weight excluding hydrogens is 318 g/mol. The van der Waals surface area contributed by atoms with E-state index in [-0.39, 0.29) is 12.5 Å². The molecule has 2 aromatic carbocycles. The van der Waals surface area contributed by atoms with Gasteiger partial charge in [0.05, 0.1) is 0 Å². The minimum atomic E-state index is -0.874. The average Bonchev–Trinajstić information content (AvgIpc) is 2.65. The van der Waals surface area contributed by atoms with Crippen molar-refractivity contribution in [3.05, 3.63) is 65.7 Å². The molecule has 0 aromatic heterocycles. The van der Waals surface area contributed by atoms with Gasteiger partial charge in [0, 0.05) is 6.54 Å². The van der Waals surface area contributed by atoms with Crippen LogP contribution in [0.5, 0.6) is 5.75 Å². The Hall–Kier alpha value is -2.82. The Morgan fingerprint density at radius 2 is 1.72 bits per heavy atom. The molecule has 0 bridgehead atoms. The number of amides is 1. The Morgan fingerprint density at radius 3 is 2.44 bits per heavy atom. The molecule has 0 fully saturated rings. The van der Waals surface area contributed by atoms with E-state index in [9.17, 15) is 9.59 Å². The highest BCUT2D eigenvalue weighted by Crippen LogP contribution is 2.18. The number of para-hydroxylation sites is 1. The number of carbonyl (C=O) groups is 2. The number of aryl methyl sites for hydroxylation is 1. The van der Waals surface area contributed by atoms with Crippen LogP contribution in [-0.2, 0) is 27.3 Å². The van der Waals surface area contributed by atoms with Gasteiger partial charge < -0.3 is 14.8 Å². The Bertz CT molecular complexity index is 700. The Balaban J connectivity index is 1.76. The van der Waals surface area contributed by atoms with E-state index < -0.39 is 12.1 Å². The number of hydrogen-bond donors (Lipinski definition) is 1. The van der Waals surface area contributed by atoms with Gasteiger partial charge in [-0.3, -0.25) is 4.79 Å². The van der Waals surface area contributed by atoms with Gasteiger partial charge in [0.2, 0.25) is 0 Å². The highest BCUT2D eigenvalue weighted by Gasteiger charge is 2.18. The highest BCUT2D eigenvalue weighted by atomic mass is 16.6. The van der Waals surface area contributed by atoms with Gasteiger partial charge in [-0.15, -0.1) is 0 Å². The number of rotatable bonds is 8. The zero-order valence-electron chi connectivity index (χ0n) is 14.5. The monoisotopic (exact) mass is 341 g/mol. The van der Waals surface area contributed by atoms with Gasteiger partial charge in [0.25, 0.3) is 5.91 Å². The van der Waals surface area contributed by atoms with Crippen molar-refractivity contribution in [1.82, 2.24) is 5.32 Å². The second kappa shape index (κ2) is 9.47. The molecule has 1 unspecified atom stereocenters. The van der Waals surface area contributed by atoms with Gasteiger partial charge in [0.1, 0.15) is 5.75 Å². The van der Waals surface area contributed by atoms with Crippen LogP contribution in [0.25, 0.3) is 0 Å². The molecular formula is C20H23NO4. The summed E-state index contributed by atoms with van der Waals surface area (Å²) in [6.07, 6.45) is -0.0648. The summed E-state index contributed by atoms with van der Waals surface area (Å²) >= 11 is 0. The molecule has 2 aromatic rings. The normalized spacial score (nSPS) is 11.4. The molecule has 2 rings (SSSR count). The van der Waals surface area contributed by atoms with Crippen LogP contribution < -0.4 is 10.1 Å². The third-order valence-corrected chi connectivity index (χ3v) is 3.69. The first kappa shape index (κ1) is 18.5. The topological polar surface area (TPSA) is 64.6 Å². The third kappa shape index (κ3) is 5.95. The van der Waals surface area contributed by atoms with Crippen molar-refractivity contribution in [2.75, 3.05) is 6.61 Å². The molecule has 0 aliphatic carbocycles. The largest absolute Gasteiger partial charge is 0.482 e. The van der Waals surface area contributed by atoms with E-state index in [1.165, 1.54) is 6.92 Å². The van der Waals surface area contributed by atoms with Crippen molar-refractivity contribution < 1.29 is 19.1 Å². The Morgan fingerprint density at radius 1 is 1.04 bits per heavy atom. The summed E-state index contributed by atoms with van der Waals surface area (Å²) < 4.78 is 10.6. The predicted molar refractivity (Wildman–Crippen MR) is 95.2 cm³/mol. The summed E-state index contributed by atoms with van der Waals surface area (Å²) in [6, 6.07) is 17.1. The molecule has 0 radical (unpaired) electrons. The van der Waals surface area contributed by atoms with Crippen LogP contribution in [0.3, 0.4) is 0 Å². The Kier molecular flexibility index (Phi) is 7.01. The molecule has 1 amide bonds. The first-order valence-electron chi connectivity index (χ1n) is 8.32. The van der Waals surface area contributed by atoms with Crippen molar-refractivity contribution in [2.24, 2.45) is 0 Å². The molecule has 5 heteroatoms. The lowest BCUT2D eigenvalue weighted by molar-refractivity contribution is -0.156. The molecule has 1 N–H and O–H groups in total. The van der Waals surface area contributed by atoms with E-state index in [0.29, 0.717) is 12.3 Å². The molecule has 0 saturated carbocycles. The molecule has 0 spiro atoms. The number of carbonyl (C=O) groups excluding carboxylic acids is 2. The van der Waals surface area contributed by atoms with Crippen molar-refractivity contribution in [1.29, 1.82) is 0 Å². The van der Waals surface area contributed by atoms with Crippen LogP contribution in [0.15, 0.2) is 54.6 Å². The lowest BCUT2D eigenvalue weighted by atomic mass is 10.1. The van der Waals surface area contributed by atoms with Crippen molar-refractivity contribution in [3.8, 4) is 5.75 Å². The van der Waals surface area contributed by atoms with Gasteiger partial charge in [-0.25, -0.2) is 4.79 Å². The second-order valence-electron chi connectivity index (χ2n) is 5.59. The summed E-state index contributed by atoms with van der Waals surface area (Å²) in [4.78, 5) is 23.9. The van der Waals surface area contributed by atoms with Crippen LogP contribution >= 0.6 is 0 Å². The molecule has 5 nitrogen and oxygen atoms in total. The van der Waals surface area contributed by atoms with Crippen molar-refractivity contribution >= 4 is 11.9 Å². The van der Waals surface area contributed by atoms with E-state index in [1.807, 2.05) is 61.5 Å². The van der Waals surface area contributed by atoms with Crippen LogP contribution in [0.2, 0.25) is 0 Å². The van der Waals surface area contributed by atoms with E-state index in [2.05, 4.69) is 5.32 Å². The number of hydrogen-bond acceptors (Lipinski definition) is 4. The van der Waals surface area contributed by atoms with Crippen LogP contribution in [0, 0.1) is 0 Å². The van der Waals surface area contributed by atoms with Gasteiger partial charge in [-0.05, 0) is 30.5 Å². The van der Waals surface area contributed by atoms with Gasteiger partial charge >= 0.3 is 5.97 Å². The minimum Gasteiger partial charge on any atom is -0.482 e. The first-order chi connectivity index (χ1) is 12.1. The van der Waals surface area contributed by atoms with E-state index in [0.717, 1.165) is 17.5 Å². The van der Waals surface area contributed by atoms with Gasteiger partial charge in [0.15, 0.2) is 12.7 Å². The fraction of sp³-hybridized carbons (Fsp3) is 0.300. The molecule has 132 valence electrons. The fourth-order valence-corrected chi connectivity index (χ4v) is 2.29. The first-order valence-corrected chi connectivity index (χ1v) is 8.32. The predicted octanol–water partition coefficient (Wildman–Crippen LogP) is 2.88. The maximum atomic E-state index is 12.0. The standard InChI is InChI=1S/C20H23NO4/c1-3-17-11-7-8-12-18(17)24-14-19(22)25-15(2)20(23)21-13-16-9-5-4-6-10-16/h4-12,15H,3,13-14H2,1-2H3,(H,21,23). The van der Waals surface area contributed by atoms with Crippen LogP contribution in [0.1, 0.15) is 25.0 Å². The van der Waals surface area contributed by atoms with E-state index in [1.54, 1.807) is 0 Å². The number of ether oxygens (including phenoxy) is 2. The molecule has 0 aliphatic heterocycles. The third-order valence-electron chi connectivity index (χ3n) is 3.69. The van der Waals surface area contributed by atoms with Gasteiger partial charge in [-0.2, -0.15) is 0 Å². The number of benzene rings is 2. The Labute approximate surface area is 148 Å².